The molecule has 1 N–H and O–H groups in total. The van der Waals surface area contributed by atoms with Gasteiger partial charge in [0.1, 0.15) is 0 Å². The first-order valence-electron chi connectivity index (χ1n) is 6.14. The van der Waals surface area contributed by atoms with Crippen LogP contribution < -0.4 is 0 Å². The van der Waals surface area contributed by atoms with Crippen molar-refractivity contribution in [2.75, 3.05) is 6.54 Å². The van der Waals surface area contributed by atoms with E-state index in [1.54, 1.807) is 6.20 Å². The lowest BCUT2D eigenvalue weighted by atomic mass is 10.0. The van der Waals surface area contributed by atoms with E-state index < -0.39 is 0 Å². The number of rotatable bonds is 3. The average Bonchev–Trinajstić information content (AvgIpc) is 2.64. The molecule has 0 amide bonds. The quantitative estimate of drug-likeness (QED) is 0.850. The van der Waals surface area contributed by atoms with Crippen LogP contribution in [0.15, 0.2) is 12.4 Å². The van der Waals surface area contributed by atoms with Crippen LogP contribution in [0, 0.1) is 0 Å². The van der Waals surface area contributed by atoms with Crippen molar-refractivity contribution < 1.29 is 5.11 Å². The van der Waals surface area contributed by atoms with Crippen molar-refractivity contribution in [3.8, 4) is 5.75 Å². The molecule has 0 aliphatic carbocycles. The zero-order chi connectivity index (χ0) is 11.5. The minimum atomic E-state index is 0.256. The second-order valence-corrected chi connectivity index (χ2v) is 4.90. The van der Waals surface area contributed by atoms with Crippen LogP contribution in [0.3, 0.4) is 0 Å². The van der Waals surface area contributed by atoms with Crippen molar-refractivity contribution in [2.45, 2.75) is 51.7 Å². The molecule has 1 aliphatic rings. The summed E-state index contributed by atoms with van der Waals surface area (Å²) in [5.41, 5.74) is 0. The van der Waals surface area contributed by atoms with Gasteiger partial charge in [0.2, 0.25) is 0 Å². The van der Waals surface area contributed by atoms with Gasteiger partial charge in [-0.1, -0.05) is 6.42 Å². The molecular formula is C12H21N3O. The number of aromatic hydroxyl groups is 1. The molecule has 0 aromatic carbocycles. The van der Waals surface area contributed by atoms with Gasteiger partial charge in [-0.05, 0) is 33.2 Å². The fourth-order valence-electron chi connectivity index (χ4n) is 2.57. The number of hydrogen-bond acceptors (Lipinski definition) is 3. The van der Waals surface area contributed by atoms with E-state index in [9.17, 15) is 5.11 Å². The Morgan fingerprint density at radius 3 is 2.94 bits per heavy atom. The molecular weight excluding hydrogens is 202 g/mol. The van der Waals surface area contributed by atoms with Crippen molar-refractivity contribution in [2.24, 2.45) is 0 Å². The molecule has 1 atom stereocenters. The fraction of sp³-hybridized carbons (Fsp3) is 0.750. The Labute approximate surface area is 96.9 Å². The Morgan fingerprint density at radius 2 is 2.31 bits per heavy atom. The summed E-state index contributed by atoms with van der Waals surface area (Å²) in [6.45, 7) is 6.58. The normalized spacial score (nSPS) is 22.8. The SMILES string of the molecule is CC(C)N1CCCCC1Cn1cc(O)cn1. The highest BCUT2D eigenvalue weighted by atomic mass is 16.3. The third-order valence-corrected chi connectivity index (χ3v) is 3.35. The van der Waals surface area contributed by atoms with Crippen molar-refractivity contribution >= 4 is 0 Å². The van der Waals surface area contributed by atoms with E-state index in [4.69, 9.17) is 0 Å². The van der Waals surface area contributed by atoms with Crippen LogP contribution in [0.25, 0.3) is 0 Å². The monoisotopic (exact) mass is 223 g/mol. The second kappa shape index (κ2) is 4.87. The molecule has 16 heavy (non-hydrogen) atoms. The minimum absolute atomic E-state index is 0.256. The van der Waals surface area contributed by atoms with Crippen LogP contribution in [0.5, 0.6) is 5.75 Å². The summed E-state index contributed by atoms with van der Waals surface area (Å²) < 4.78 is 1.85. The van der Waals surface area contributed by atoms with Gasteiger partial charge in [0.05, 0.1) is 18.9 Å². The molecule has 1 aliphatic heterocycles. The van der Waals surface area contributed by atoms with Gasteiger partial charge < -0.3 is 5.11 Å². The second-order valence-electron chi connectivity index (χ2n) is 4.90. The number of piperidine rings is 1. The van der Waals surface area contributed by atoms with Gasteiger partial charge in [-0.15, -0.1) is 0 Å². The first kappa shape index (κ1) is 11.5. The molecule has 1 aromatic rings. The van der Waals surface area contributed by atoms with E-state index in [1.165, 1.54) is 32.0 Å². The fourth-order valence-corrected chi connectivity index (χ4v) is 2.57. The van der Waals surface area contributed by atoms with Gasteiger partial charge in [0, 0.05) is 12.1 Å². The van der Waals surface area contributed by atoms with Gasteiger partial charge in [-0.25, -0.2) is 0 Å². The van der Waals surface area contributed by atoms with Crippen molar-refractivity contribution in [1.82, 2.24) is 14.7 Å². The van der Waals surface area contributed by atoms with Crippen molar-refractivity contribution in [3.63, 3.8) is 0 Å². The number of aromatic nitrogens is 2. The van der Waals surface area contributed by atoms with E-state index in [0.29, 0.717) is 12.1 Å². The molecule has 4 heteroatoms. The Hall–Kier alpha value is -1.03. The first-order chi connectivity index (χ1) is 7.66. The topological polar surface area (TPSA) is 41.3 Å². The van der Waals surface area contributed by atoms with Gasteiger partial charge in [-0.2, -0.15) is 5.10 Å². The van der Waals surface area contributed by atoms with Crippen LogP contribution >= 0.6 is 0 Å². The Bertz CT molecular complexity index is 335. The predicted molar refractivity (Wildman–Crippen MR) is 63.4 cm³/mol. The lowest BCUT2D eigenvalue weighted by Gasteiger charge is -2.38. The van der Waals surface area contributed by atoms with E-state index in [2.05, 4.69) is 23.8 Å². The zero-order valence-corrected chi connectivity index (χ0v) is 10.1. The summed E-state index contributed by atoms with van der Waals surface area (Å²) in [4.78, 5) is 2.54. The van der Waals surface area contributed by atoms with Crippen LogP contribution in [-0.4, -0.2) is 38.4 Å². The smallest absolute Gasteiger partial charge is 0.153 e. The molecule has 2 heterocycles. The molecule has 1 saturated heterocycles. The molecule has 0 bridgehead atoms. The third kappa shape index (κ3) is 2.55. The molecule has 2 rings (SSSR count). The molecule has 0 spiro atoms. The molecule has 0 radical (unpaired) electrons. The van der Waals surface area contributed by atoms with Gasteiger partial charge in [0.15, 0.2) is 5.75 Å². The summed E-state index contributed by atoms with van der Waals surface area (Å²) in [5, 5.41) is 13.4. The maximum Gasteiger partial charge on any atom is 0.153 e. The van der Waals surface area contributed by atoms with Gasteiger partial charge in [-0.3, -0.25) is 9.58 Å². The van der Waals surface area contributed by atoms with E-state index in [1.807, 2.05) is 4.68 Å². The minimum Gasteiger partial charge on any atom is -0.505 e. The maximum absolute atomic E-state index is 9.26. The lowest BCUT2D eigenvalue weighted by Crippen LogP contribution is -2.46. The Kier molecular flexibility index (Phi) is 3.49. The number of likely N-dealkylation sites (tertiary alicyclic amines) is 1. The highest BCUT2D eigenvalue weighted by molar-refractivity contribution is 5.08. The molecule has 90 valence electrons. The average molecular weight is 223 g/mol. The maximum atomic E-state index is 9.26. The molecule has 0 saturated carbocycles. The van der Waals surface area contributed by atoms with Gasteiger partial charge >= 0.3 is 0 Å². The molecule has 4 nitrogen and oxygen atoms in total. The van der Waals surface area contributed by atoms with Crippen molar-refractivity contribution in [3.05, 3.63) is 12.4 Å². The lowest BCUT2D eigenvalue weighted by molar-refractivity contribution is 0.0965. The largest absolute Gasteiger partial charge is 0.505 e. The highest BCUT2D eigenvalue weighted by Gasteiger charge is 2.24. The van der Waals surface area contributed by atoms with Crippen LogP contribution in [0.2, 0.25) is 0 Å². The zero-order valence-electron chi connectivity index (χ0n) is 10.1. The standard InChI is InChI=1S/C12H21N3O/c1-10(2)15-6-4-3-5-11(15)8-14-9-12(16)7-13-14/h7,9-11,16H,3-6,8H2,1-2H3. The van der Waals surface area contributed by atoms with Gasteiger partial charge in [0.25, 0.3) is 0 Å². The summed E-state index contributed by atoms with van der Waals surface area (Å²) in [7, 11) is 0. The number of hydrogen-bond donors (Lipinski definition) is 1. The summed E-state index contributed by atoms with van der Waals surface area (Å²) >= 11 is 0. The highest BCUT2D eigenvalue weighted by Crippen LogP contribution is 2.21. The first-order valence-corrected chi connectivity index (χ1v) is 6.14. The van der Waals surface area contributed by atoms with Crippen LogP contribution in [-0.2, 0) is 6.54 Å². The molecule has 1 fully saturated rings. The Balaban J connectivity index is 2.01. The number of nitrogens with zero attached hydrogens (tertiary/aromatic N) is 3. The molecule has 1 unspecified atom stereocenters. The van der Waals surface area contributed by atoms with E-state index >= 15 is 0 Å². The van der Waals surface area contributed by atoms with Crippen LogP contribution in [0.4, 0.5) is 0 Å². The molecule has 1 aromatic heterocycles. The summed E-state index contributed by atoms with van der Waals surface area (Å²) in [6.07, 6.45) is 7.05. The van der Waals surface area contributed by atoms with Crippen molar-refractivity contribution in [1.29, 1.82) is 0 Å². The van der Waals surface area contributed by atoms with Crippen LogP contribution in [0.1, 0.15) is 33.1 Å². The Morgan fingerprint density at radius 1 is 1.50 bits per heavy atom. The third-order valence-electron chi connectivity index (χ3n) is 3.35. The van der Waals surface area contributed by atoms with E-state index in [0.717, 1.165) is 6.54 Å². The predicted octanol–water partition coefficient (Wildman–Crippen LogP) is 1.85. The van der Waals surface area contributed by atoms with E-state index in [-0.39, 0.29) is 5.75 Å². The summed E-state index contributed by atoms with van der Waals surface area (Å²) in [5.74, 6) is 0.256. The summed E-state index contributed by atoms with van der Waals surface area (Å²) in [6, 6.07) is 1.16.